The Morgan fingerprint density at radius 1 is 1.15 bits per heavy atom. The van der Waals surface area contributed by atoms with E-state index in [1.54, 1.807) is 42.7 Å². The van der Waals surface area contributed by atoms with Crippen LogP contribution in [0, 0.1) is 12.7 Å². The first kappa shape index (κ1) is 23.3. The number of halogens is 4. The van der Waals surface area contributed by atoms with Crippen LogP contribution in [0.5, 0.6) is 0 Å². The van der Waals surface area contributed by atoms with Crippen LogP contribution in [0.2, 0.25) is 0 Å². The minimum absolute atomic E-state index is 0.0450. The summed E-state index contributed by atoms with van der Waals surface area (Å²) in [6.07, 6.45) is -1.48. The van der Waals surface area contributed by atoms with Gasteiger partial charge in [0.25, 0.3) is 0 Å². The second-order valence-electron chi connectivity index (χ2n) is 7.73. The van der Waals surface area contributed by atoms with Crippen LogP contribution in [0.15, 0.2) is 60.9 Å². The van der Waals surface area contributed by atoms with Crippen LogP contribution in [0.3, 0.4) is 0 Å². The monoisotopic (exact) mass is 471 g/mol. The highest BCUT2D eigenvalue weighted by atomic mass is 19.4. The lowest BCUT2D eigenvalue weighted by atomic mass is 10.1. The normalized spacial score (nSPS) is 11.6. The van der Waals surface area contributed by atoms with Crippen molar-refractivity contribution < 1.29 is 27.1 Å². The first-order valence-corrected chi connectivity index (χ1v) is 10.5. The molecule has 4 rings (SSSR count). The van der Waals surface area contributed by atoms with Crippen molar-refractivity contribution in [3.8, 4) is 0 Å². The molecular formula is C25H21F4N3O2. The summed E-state index contributed by atoms with van der Waals surface area (Å²) in [5.41, 5.74) is 1.26. The molecule has 176 valence electrons. The SMILES string of the molecule is CCOC(=O)c1c(Nc2ccc(C)cc2F)c2cnccc2n1Cc1cccc(C(F)(F)F)c1. The van der Waals surface area contributed by atoms with Gasteiger partial charge in [0.2, 0.25) is 0 Å². The fourth-order valence-corrected chi connectivity index (χ4v) is 3.79. The predicted octanol–water partition coefficient (Wildman–Crippen LogP) is 6.47. The predicted molar refractivity (Wildman–Crippen MR) is 121 cm³/mol. The Hall–Kier alpha value is -3.88. The quantitative estimate of drug-likeness (QED) is 0.259. The molecule has 2 heterocycles. The minimum Gasteiger partial charge on any atom is -0.461 e. The van der Waals surface area contributed by atoms with Gasteiger partial charge in [0, 0.05) is 24.3 Å². The van der Waals surface area contributed by atoms with E-state index >= 15 is 0 Å². The van der Waals surface area contributed by atoms with Gasteiger partial charge in [0.05, 0.1) is 29.1 Å². The number of aromatic nitrogens is 2. The number of alkyl halides is 3. The fraction of sp³-hybridized carbons (Fsp3) is 0.200. The average molecular weight is 471 g/mol. The lowest BCUT2D eigenvalue weighted by Crippen LogP contribution is -2.15. The van der Waals surface area contributed by atoms with Crippen LogP contribution in [-0.4, -0.2) is 22.1 Å². The van der Waals surface area contributed by atoms with Gasteiger partial charge in [-0.3, -0.25) is 4.98 Å². The van der Waals surface area contributed by atoms with E-state index in [2.05, 4.69) is 10.3 Å². The van der Waals surface area contributed by atoms with Crippen molar-refractivity contribution in [2.45, 2.75) is 26.6 Å². The summed E-state index contributed by atoms with van der Waals surface area (Å²) in [6.45, 7) is 3.44. The molecule has 5 nitrogen and oxygen atoms in total. The molecule has 0 radical (unpaired) electrons. The van der Waals surface area contributed by atoms with Gasteiger partial charge >= 0.3 is 12.1 Å². The molecule has 34 heavy (non-hydrogen) atoms. The number of pyridine rings is 1. The molecule has 0 atom stereocenters. The number of carbonyl (C=O) groups excluding carboxylic acids is 1. The molecule has 2 aromatic heterocycles. The van der Waals surface area contributed by atoms with Crippen molar-refractivity contribution in [2.24, 2.45) is 0 Å². The van der Waals surface area contributed by atoms with Crippen molar-refractivity contribution in [2.75, 3.05) is 11.9 Å². The molecule has 0 unspecified atom stereocenters. The summed E-state index contributed by atoms with van der Waals surface area (Å²) in [6, 6.07) is 11.1. The van der Waals surface area contributed by atoms with Crippen LogP contribution in [0.25, 0.3) is 10.9 Å². The van der Waals surface area contributed by atoms with Gasteiger partial charge in [0.15, 0.2) is 5.69 Å². The van der Waals surface area contributed by atoms with E-state index in [1.165, 1.54) is 24.5 Å². The number of benzene rings is 2. The lowest BCUT2D eigenvalue weighted by molar-refractivity contribution is -0.137. The highest BCUT2D eigenvalue weighted by molar-refractivity contribution is 6.07. The number of carbonyl (C=O) groups is 1. The van der Waals surface area contributed by atoms with Crippen LogP contribution in [-0.2, 0) is 17.5 Å². The van der Waals surface area contributed by atoms with Crippen molar-refractivity contribution in [1.82, 2.24) is 9.55 Å². The number of esters is 1. The molecule has 0 aliphatic rings. The highest BCUT2D eigenvalue weighted by Crippen LogP contribution is 2.36. The third-order valence-electron chi connectivity index (χ3n) is 5.31. The Labute approximate surface area is 193 Å². The lowest BCUT2D eigenvalue weighted by Gasteiger charge is -2.14. The van der Waals surface area contributed by atoms with E-state index in [1.807, 2.05) is 0 Å². The number of aryl methyl sites for hydroxylation is 1. The summed E-state index contributed by atoms with van der Waals surface area (Å²) in [7, 11) is 0. The maximum atomic E-state index is 14.6. The van der Waals surface area contributed by atoms with Gasteiger partial charge in [-0.1, -0.05) is 18.2 Å². The molecule has 0 spiro atoms. The van der Waals surface area contributed by atoms with Crippen LogP contribution >= 0.6 is 0 Å². The van der Waals surface area contributed by atoms with Crippen molar-refractivity contribution >= 4 is 28.2 Å². The second-order valence-corrected chi connectivity index (χ2v) is 7.73. The van der Waals surface area contributed by atoms with Gasteiger partial charge in [-0.25, -0.2) is 9.18 Å². The Bertz CT molecular complexity index is 1360. The third-order valence-corrected chi connectivity index (χ3v) is 5.31. The van der Waals surface area contributed by atoms with Crippen molar-refractivity contribution in [3.63, 3.8) is 0 Å². The molecule has 0 fully saturated rings. The molecule has 9 heteroatoms. The zero-order valence-corrected chi connectivity index (χ0v) is 18.4. The molecule has 1 N–H and O–H groups in total. The number of hydrogen-bond acceptors (Lipinski definition) is 4. The van der Waals surface area contributed by atoms with E-state index in [9.17, 15) is 22.4 Å². The Kier molecular flexibility index (Phi) is 6.28. The fourth-order valence-electron chi connectivity index (χ4n) is 3.79. The average Bonchev–Trinajstić information content (AvgIpc) is 3.09. The van der Waals surface area contributed by atoms with E-state index in [0.29, 0.717) is 16.5 Å². The number of nitrogens with zero attached hydrogens (tertiary/aromatic N) is 2. The Balaban J connectivity index is 1.89. The molecule has 2 aromatic carbocycles. The first-order valence-electron chi connectivity index (χ1n) is 10.5. The van der Waals surface area contributed by atoms with Gasteiger partial charge in [-0.2, -0.15) is 13.2 Å². The van der Waals surface area contributed by atoms with E-state index < -0.39 is 23.5 Å². The van der Waals surface area contributed by atoms with Crippen LogP contribution in [0.1, 0.15) is 34.1 Å². The van der Waals surface area contributed by atoms with E-state index in [0.717, 1.165) is 17.7 Å². The standard InChI is InChI=1S/C25H21F4N3O2/c1-3-34-24(33)23-22(31-20-8-7-15(2)11-19(20)26)18-13-30-10-9-21(18)32(23)14-16-5-4-6-17(12-16)25(27,28)29/h4-13,31H,3,14H2,1-2H3. The van der Waals surface area contributed by atoms with Gasteiger partial charge in [0.1, 0.15) is 5.82 Å². The molecule has 0 amide bonds. The Morgan fingerprint density at radius 2 is 1.94 bits per heavy atom. The summed E-state index contributed by atoms with van der Waals surface area (Å²) in [5.74, 6) is -1.21. The molecule has 0 bridgehead atoms. The summed E-state index contributed by atoms with van der Waals surface area (Å²) < 4.78 is 61.2. The third kappa shape index (κ3) is 4.59. The molecule has 0 aliphatic carbocycles. The van der Waals surface area contributed by atoms with Crippen LogP contribution in [0.4, 0.5) is 28.9 Å². The molecule has 0 saturated heterocycles. The highest BCUT2D eigenvalue weighted by Gasteiger charge is 2.31. The second kappa shape index (κ2) is 9.17. The number of rotatable bonds is 6. The zero-order chi connectivity index (χ0) is 24.5. The van der Waals surface area contributed by atoms with E-state index in [4.69, 9.17) is 4.74 Å². The maximum Gasteiger partial charge on any atom is 0.416 e. The number of anilines is 2. The number of fused-ring (bicyclic) bond motifs is 1. The largest absolute Gasteiger partial charge is 0.461 e. The summed E-state index contributed by atoms with van der Waals surface area (Å²) in [5, 5.41) is 3.47. The number of nitrogens with one attached hydrogen (secondary N) is 1. The first-order chi connectivity index (χ1) is 16.2. The van der Waals surface area contributed by atoms with Gasteiger partial charge < -0.3 is 14.6 Å². The summed E-state index contributed by atoms with van der Waals surface area (Å²) in [4.78, 5) is 17.1. The van der Waals surface area contributed by atoms with Crippen molar-refractivity contribution in [1.29, 1.82) is 0 Å². The summed E-state index contributed by atoms with van der Waals surface area (Å²) >= 11 is 0. The molecule has 0 saturated carbocycles. The smallest absolute Gasteiger partial charge is 0.416 e. The van der Waals surface area contributed by atoms with Gasteiger partial charge in [-0.15, -0.1) is 0 Å². The molecule has 4 aromatic rings. The Morgan fingerprint density at radius 3 is 2.65 bits per heavy atom. The topological polar surface area (TPSA) is 56.1 Å². The number of hydrogen-bond donors (Lipinski definition) is 1. The van der Waals surface area contributed by atoms with Crippen molar-refractivity contribution in [3.05, 3.63) is 89.1 Å². The molecular weight excluding hydrogens is 450 g/mol. The van der Waals surface area contributed by atoms with Gasteiger partial charge in [-0.05, 0) is 55.3 Å². The molecule has 0 aliphatic heterocycles. The number of ether oxygens (including phenoxy) is 1. The van der Waals surface area contributed by atoms with E-state index in [-0.39, 0.29) is 30.2 Å². The minimum atomic E-state index is -4.50. The zero-order valence-electron chi connectivity index (χ0n) is 18.4. The van der Waals surface area contributed by atoms with Crippen LogP contribution < -0.4 is 5.32 Å². The maximum absolute atomic E-state index is 14.6.